The summed E-state index contributed by atoms with van der Waals surface area (Å²) in [5, 5.41) is 0. The van der Waals surface area contributed by atoms with Crippen molar-refractivity contribution in [3.63, 3.8) is 0 Å². The third-order valence-electron chi connectivity index (χ3n) is 1.18. The number of hydrogen-bond acceptors (Lipinski definition) is 2. The topological polar surface area (TPSA) is 18.5 Å². The molecule has 0 aliphatic carbocycles. The Kier molecular flexibility index (Phi) is 8.33. The van der Waals surface area contributed by atoms with Gasteiger partial charge in [0.05, 0.1) is 0 Å². The highest BCUT2D eigenvalue weighted by atomic mass is 16.7. The van der Waals surface area contributed by atoms with E-state index in [1.807, 2.05) is 13.8 Å². The minimum absolute atomic E-state index is 0.283. The van der Waals surface area contributed by atoms with Gasteiger partial charge in [0.1, 0.15) is 0 Å². The number of allylic oxidation sites excluding steroid dienone is 2. The molecule has 0 aliphatic rings. The maximum absolute atomic E-state index is 5.26. The van der Waals surface area contributed by atoms with Crippen LogP contribution in [0.15, 0.2) is 24.8 Å². The molecule has 0 atom stereocenters. The zero-order chi connectivity index (χ0) is 9.94. The minimum Gasteiger partial charge on any atom is -0.349 e. The first kappa shape index (κ1) is 12.0. The van der Waals surface area contributed by atoms with Crippen molar-refractivity contribution in [3.8, 4) is 11.8 Å². The fourth-order valence-electron chi connectivity index (χ4n) is 0.721. The van der Waals surface area contributed by atoms with E-state index >= 15 is 0 Å². The predicted octanol–water partition coefficient (Wildman–Crippen LogP) is 2.13. The lowest BCUT2D eigenvalue weighted by molar-refractivity contribution is -0.103. The van der Waals surface area contributed by atoms with Crippen molar-refractivity contribution in [2.75, 3.05) is 13.2 Å². The molecule has 2 nitrogen and oxygen atoms in total. The Morgan fingerprint density at radius 2 is 1.85 bits per heavy atom. The Balaban J connectivity index is 3.91. The van der Waals surface area contributed by atoms with Gasteiger partial charge in [0.2, 0.25) is 0 Å². The highest BCUT2D eigenvalue weighted by Gasteiger charge is 1.99. The van der Waals surface area contributed by atoms with Crippen molar-refractivity contribution in [3.05, 3.63) is 24.8 Å². The van der Waals surface area contributed by atoms with Crippen LogP contribution in [0.2, 0.25) is 0 Å². The van der Waals surface area contributed by atoms with Crippen molar-refractivity contribution < 1.29 is 9.47 Å². The molecule has 0 fully saturated rings. The molecule has 0 saturated carbocycles. The Morgan fingerprint density at radius 3 is 2.31 bits per heavy atom. The Hall–Kier alpha value is -1.04. The normalized spacial score (nSPS) is 10.1. The standard InChI is InChI=1S/C11H16O2/c1-4-7-8-9-10-11(12-5-2)13-6-3/h4,9-11H,1,5-6H2,2-3H3/b10-9-. The van der Waals surface area contributed by atoms with Crippen molar-refractivity contribution >= 4 is 0 Å². The van der Waals surface area contributed by atoms with Crippen LogP contribution in [-0.4, -0.2) is 19.5 Å². The van der Waals surface area contributed by atoms with E-state index in [2.05, 4.69) is 18.4 Å². The molecular weight excluding hydrogens is 164 g/mol. The van der Waals surface area contributed by atoms with Gasteiger partial charge in [-0.3, -0.25) is 0 Å². The maximum atomic E-state index is 5.26. The van der Waals surface area contributed by atoms with Gasteiger partial charge >= 0.3 is 0 Å². The molecule has 0 rings (SSSR count). The molecular formula is C11H16O2. The molecule has 0 amide bonds. The number of ether oxygens (including phenoxy) is 2. The molecule has 2 heteroatoms. The van der Waals surface area contributed by atoms with Crippen LogP contribution in [0.25, 0.3) is 0 Å². The van der Waals surface area contributed by atoms with E-state index in [9.17, 15) is 0 Å². The zero-order valence-corrected chi connectivity index (χ0v) is 8.25. The van der Waals surface area contributed by atoms with Gasteiger partial charge in [-0.15, -0.1) is 0 Å². The third kappa shape index (κ3) is 7.32. The van der Waals surface area contributed by atoms with Crippen molar-refractivity contribution in [2.24, 2.45) is 0 Å². The van der Waals surface area contributed by atoms with Crippen LogP contribution in [-0.2, 0) is 9.47 Å². The van der Waals surface area contributed by atoms with E-state index in [-0.39, 0.29) is 6.29 Å². The molecule has 72 valence electrons. The van der Waals surface area contributed by atoms with E-state index in [0.29, 0.717) is 13.2 Å². The summed E-state index contributed by atoms with van der Waals surface area (Å²) < 4.78 is 10.5. The van der Waals surface area contributed by atoms with Crippen LogP contribution in [0, 0.1) is 11.8 Å². The molecule has 0 aromatic carbocycles. The number of rotatable bonds is 5. The van der Waals surface area contributed by atoms with Crippen molar-refractivity contribution in [2.45, 2.75) is 20.1 Å². The second-order valence-corrected chi connectivity index (χ2v) is 2.13. The highest BCUT2D eigenvalue weighted by Crippen LogP contribution is 1.96. The molecule has 13 heavy (non-hydrogen) atoms. The van der Waals surface area contributed by atoms with E-state index < -0.39 is 0 Å². The Labute approximate surface area is 80.2 Å². The first-order valence-electron chi connectivity index (χ1n) is 4.37. The zero-order valence-electron chi connectivity index (χ0n) is 8.25. The smallest absolute Gasteiger partial charge is 0.177 e. The number of hydrogen-bond donors (Lipinski definition) is 0. The fraction of sp³-hybridized carbons (Fsp3) is 0.455. The SMILES string of the molecule is C=CC#C/C=C\C(OCC)OCC. The summed E-state index contributed by atoms with van der Waals surface area (Å²) >= 11 is 0. The summed E-state index contributed by atoms with van der Waals surface area (Å²) in [5.74, 6) is 5.48. The molecule has 0 aromatic heterocycles. The van der Waals surface area contributed by atoms with Gasteiger partial charge in [-0.05, 0) is 32.1 Å². The van der Waals surface area contributed by atoms with Crippen LogP contribution in [0.5, 0.6) is 0 Å². The van der Waals surface area contributed by atoms with Gasteiger partial charge in [-0.25, -0.2) is 0 Å². The van der Waals surface area contributed by atoms with Crippen LogP contribution in [0.1, 0.15) is 13.8 Å². The summed E-state index contributed by atoms with van der Waals surface area (Å²) in [5.41, 5.74) is 0. The van der Waals surface area contributed by atoms with Crippen LogP contribution in [0.4, 0.5) is 0 Å². The molecule has 0 heterocycles. The van der Waals surface area contributed by atoms with E-state index in [1.54, 1.807) is 18.2 Å². The predicted molar refractivity (Wildman–Crippen MR) is 54.2 cm³/mol. The molecule has 0 spiro atoms. The fourth-order valence-corrected chi connectivity index (χ4v) is 0.721. The lowest BCUT2D eigenvalue weighted by Gasteiger charge is -2.11. The molecule has 0 N–H and O–H groups in total. The molecule has 0 saturated heterocycles. The summed E-state index contributed by atoms with van der Waals surface area (Å²) in [6.07, 6.45) is 4.75. The van der Waals surface area contributed by atoms with Gasteiger partial charge in [-0.1, -0.05) is 18.4 Å². The van der Waals surface area contributed by atoms with E-state index in [1.165, 1.54) is 0 Å². The van der Waals surface area contributed by atoms with Gasteiger partial charge in [-0.2, -0.15) is 0 Å². The van der Waals surface area contributed by atoms with Crippen LogP contribution in [0.3, 0.4) is 0 Å². The second-order valence-electron chi connectivity index (χ2n) is 2.13. The lowest BCUT2D eigenvalue weighted by atomic mass is 10.4. The van der Waals surface area contributed by atoms with Gasteiger partial charge < -0.3 is 9.47 Å². The molecule has 0 aromatic rings. The summed E-state index contributed by atoms with van der Waals surface area (Å²) in [6, 6.07) is 0. The third-order valence-corrected chi connectivity index (χ3v) is 1.18. The average Bonchev–Trinajstić information content (AvgIpc) is 2.13. The maximum Gasteiger partial charge on any atom is 0.177 e. The summed E-state index contributed by atoms with van der Waals surface area (Å²) in [7, 11) is 0. The molecule has 0 unspecified atom stereocenters. The summed E-state index contributed by atoms with van der Waals surface area (Å²) in [6.45, 7) is 8.59. The van der Waals surface area contributed by atoms with Crippen molar-refractivity contribution in [1.82, 2.24) is 0 Å². The average molecular weight is 180 g/mol. The minimum atomic E-state index is -0.283. The first-order chi connectivity index (χ1) is 6.35. The monoisotopic (exact) mass is 180 g/mol. The van der Waals surface area contributed by atoms with E-state index in [0.717, 1.165) is 0 Å². The van der Waals surface area contributed by atoms with Gasteiger partial charge in [0.25, 0.3) is 0 Å². The second kappa shape index (κ2) is 9.05. The van der Waals surface area contributed by atoms with Crippen LogP contribution < -0.4 is 0 Å². The molecule has 0 aliphatic heterocycles. The summed E-state index contributed by atoms with van der Waals surface area (Å²) in [4.78, 5) is 0. The molecule has 0 bridgehead atoms. The largest absolute Gasteiger partial charge is 0.349 e. The van der Waals surface area contributed by atoms with Crippen LogP contribution >= 0.6 is 0 Å². The van der Waals surface area contributed by atoms with E-state index in [4.69, 9.17) is 9.47 Å². The quantitative estimate of drug-likeness (QED) is 0.476. The first-order valence-corrected chi connectivity index (χ1v) is 4.37. The van der Waals surface area contributed by atoms with Gasteiger partial charge in [0.15, 0.2) is 6.29 Å². The lowest BCUT2D eigenvalue weighted by Crippen LogP contribution is -2.13. The van der Waals surface area contributed by atoms with Crippen molar-refractivity contribution in [1.29, 1.82) is 0 Å². The highest BCUT2D eigenvalue weighted by molar-refractivity contribution is 5.22. The molecule has 0 radical (unpaired) electrons. The van der Waals surface area contributed by atoms with Gasteiger partial charge in [0, 0.05) is 13.2 Å². The Morgan fingerprint density at radius 1 is 1.23 bits per heavy atom. The Bertz CT molecular complexity index is 202.